The molecule has 5 rings (SSSR count). The predicted molar refractivity (Wildman–Crippen MR) is 105 cm³/mol. The first kappa shape index (κ1) is 17.4. The fourth-order valence-corrected chi connectivity index (χ4v) is 3.31. The van der Waals surface area contributed by atoms with Crippen molar-refractivity contribution in [3.8, 4) is 11.4 Å². The molecule has 0 saturated heterocycles. The molecule has 0 atom stereocenters. The van der Waals surface area contributed by atoms with E-state index in [0.717, 1.165) is 18.4 Å². The smallest absolute Gasteiger partial charge is 0.306 e. The van der Waals surface area contributed by atoms with Gasteiger partial charge in [-0.05, 0) is 49.1 Å². The number of nitrogens with zero attached hydrogens (tertiary/aromatic N) is 3. The van der Waals surface area contributed by atoms with Crippen molar-refractivity contribution in [2.75, 3.05) is 5.32 Å². The number of carbonyl (C=O) groups is 1. The van der Waals surface area contributed by atoms with Crippen LogP contribution in [0.5, 0.6) is 0 Å². The van der Waals surface area contributed by atoms with Gasteiger partial charge in [0.15, 0.2) is 5.82 Å². The summed E-state index contributed by atoms with van der Waals surface area (Å²) in [5.74, 6) is -0.0547. The molecule has 1 aliphatic carbocycles. The lowest BCUT2D eigenvalue weighted by Crippen LogP contribution is -2.17. The number of hydrogen-bond acceptors (Lipinski definition) is 4. The van der Waals surface area contributed by atoms with E-state index in [1.165, 1.54) is 6.07 Å². The molecule has 0 unspecified atom stereocenters. The Hall–Kier alpha value is -3.75. The third-order valence-electron chi connectivity index (χ3n) is 5.01. The second kappa shape index (κ2) is 6.69. The largest absolute Gasteiger partial charge is 0.326 e. The first-order valence-corrected chi connectivity index (χ1v) is 9.30. The van der Waals surface area contributed by atoms with E-state index in [-0.39, 0.29) is 23.0 Å². The van der Waals surface area contributed by atoms with E-state index in [9.17, 15) is 14.0 Å². The van der Waals surface area contributed by atoms with Crippen molar-refractivity contribution >= 4 is 22.9 Å². The number of hydrogen-bond donors (Lipinski definition) is 3. The van der Waals surface area contributed by atoms with E-state index >= 15 is 0 Å². The maximum Gasteiger partial charge on any atom is 0.326 e. The number of H-pyrrole nitrogens is 2. The number of aromatic nitrogens is 5. The van der Waals surface area contributed by atoms with Gasteiger partial charge in [0, 0.05) is 12.1 Å². The molecule has 2 heterocycles. The van der Waals surface area contributed by atoms with Crippen molar-refractivity contribution < 1.29 is 9.18 Å². The molecule has 29 heavy (non-hydrogen) atoms. The van der Waals surface area contributed by atoms with Gasteiger partial charge >= 0.3 is 5.69 Å². The second-order valence-corrected chi connectivity index (χ2v) is 7.16. The van der Waals surface area contributed by atoms with Gasteiger partial charge in [-0.1, -0.05) is 12.1 Å². The number of imidazole rings is 1. The van der Waals surface area contributed by atoms with Crippen LogP contribution in [0, 0.1) is 11.7 Å². The number of anilines is 1. The SMILES string of the molecule is O=C(Nc1n[nH]c(-c2ccccc2F)n1)c1ccc2c(c1)[nH]c(=O)n2CC1CC1. The lowest BCUT2D eigenvalue weighted by atomic mass is 10.2. The molecule has 4 aromatic rings. The summed E-state index contributed by atoms with van der Waals surface area (Å²) in [6.07, 6.45) is 2.29. The van der Waals surface area contributed by atoms with Crippen LogP contribution in [-0.4, -0.2) is 30.6 Å². The van der Waals surface area contributed by atoms with Crippen LogP contribution in [0.3, 0.4) is 0 Å². The Morgan fingerprint density at radius 1 is 1.24 bits per heavy atom. The Morgan fingerprint density at radius 2 is 2.07 bits per heavy atom. The zero-order valence-corrected chi connectivity index (χ0v) is 15.3. The molecule has 1 amide bonds. The quantitative estimate of drug-likeness (QED) is 0.485. The van der Waals surface area contributed by atoms with Crippen LogP contribution in [-0.2, 0) is 6.54 Å². The Kier molecular flexibility index (Phi) is 4.01. The summed E-state index contributed by atoms with van der Waals surface area (Å²) in [5, 5.41) is 9.12. The van der Waals surface area contributed by atoms with Gasteiger partial charge in [0.1, 0.15) is 5.82 Å². The predicted octanol–water partition coefficient (Wildman–Crippen LogP) is 2.92. The Labute approximate surface area is 163 Å². The van der Waals surface area contributed by atoms with Crippen LogP contribution in [0.25, 0.3) is 22.4 Å². The van der Waals surface area contributed by atoms with E-state index in [1.54, 1.807) is 41.0 Å². The van der Waals surface area contributed by atoms with E-state index in [0.29, 0.717) is 23.5 Å². The van der Waals surface area contributed by atoms with Gasteiger partial charge in [0.25, 0.3) is 5.91 Å². The van der Waals surface area contributed by atoms with E-state index in [4.69, 9.17) is 0 Å². The zero-order valence-electron chi connectivity index (χ0n) is 15.3. The number of rotatable bonds is 5. The number of benzene rings is 2. The minimum Gasteiger partial charge on any atom is -0.306 e. The highest BCUT2D eigenvalue weighted by molar-refractivity contribution is 6.05. The summed E-state index contributed by atoms with van der Waals surface area (Å²) < 4.78 is 15.6. The van der Waals surface area contributed by atoms with Crippen molar-refractivity contribution in [1.82, 2.24) is 24.7 Å². The monoisotopic (exact) mass is 392 g/mol. The highest BCUT2D eigenvalue weighted by Crippen LogP contribution is 2.31. The Morgan fingerprint density at radius 3 is 2.86 bits per heavy atom. The van der Waals surface area contributed by atoms with Crippen LogP contribution < -0.4 is 11.0 Å². The highest BCUT2D eigenvalue weighted by Gasteiger charge is 2.23. The second-order valence-electron chi connectivity index (χ2n) is 7.16. The van der Waals surface area contributed by atoms with Crippen LogP contribution in [0.15, 0.2) is 47.3 Å². The molecule has 1 saturated carbocycles. The average molecular weight is 392 g/mol. The number of aromatic amines is 2. The Bertz CT molecular complexity index is 1280. The third-order valence-corrected chi connectivity index (χ3v) is 5.01. The molecule has 1 aliphatic rings. The molecule has 8 nitrogen and oxygen atoms in total. The topological polar surface area (TPSA) is 108 Å². The molecule has 2 aromatic carbocycles. The molecule has 9 heteroatoms. The number of amides is 1. The number of halogens is 1. The maximum atomic E-state index is 13.9. The van der Waals surface area contributed by atoms with Gasteiger partial charge in [-0.3, -0.25) is 19.8 Å². The summed E-state index contributed by atoms with van der Waals surface area (Å²) in [4.78, 5) is 31.7. The molecule has 0 aliphatic heterocycles. The maximum absolute atomic E-state index is 13.9. The van der Waals surface area contributed by atoms with Gasteiger partial charge in [-0.25, -0.2) is 9.18 Å². The summed E-state index contributed by atoms with van der Waals surface area (Å²) in [6.45, 7) is 0.695. The van der Waals surface area contributed by atoms with E-state index in [1.807, 2.05) is 0 Å². The summed E-state index contributed by atoms with van der Waals surface area (Å²) in [5.41, 5.74) is 1.82. The molecule has 0 radical (unpaired) electrons. The molecular formula is C20H17FN6O2. The van der Waals surface area contributed by atoms with Crippen molar-refractivity contribution in [2.24, 2.45) is 5.92 Å². The Balaban J connectivity index is 1.38. The van der Waals surface area contributed by atoms with Crippen molar-refractivity contribution in [3.63, 3.8) is 0 Å². The highest BCUT2D eigenvalue weighted by atomic mass is 19.1. The van der Waals surface area contributed by atoms with Crippen LogP contribution in [0.1, 0.15) is 23.2 Å². The molecule has 0 bridgehead atoms. The van der Waals surface area contributed by atoms with Gasteiger partial charge in [-0.15, -0.1) is 5.10 Å². The number of nitrogens with one attached hydrogen (secondary N) is 3. The minimum atomic E-state index is -0.438. The normalized spacial score (nSPS) is 13.7. The van der Waals surface area contributed by atoms with Crippen molar-refractivity contribution in [1.29, 1.82) is 0 Å². The van der Waals surface area contributed by atoms with Gasteiger partial charge in [-0.2, -0.15) is 4.98 Å². The molecular weight excluding hydrogens is 375 g/mol. The van der Waals surface area contributed by atoms with Gasteiger partial charge in [0.2, 0.25) is 5.95 Å². The molecule has 146 valence electrons. The summed E-state index contributed by atoms with van der Waals surface area (Å²) in [7, 11) is 0. The van der Waals surface area contributed by atoms with Gasteiger partial charge < -0.3 is 4.98 Å². The lowest BCUT2D eigenvalue weighted by Gasteiger charge is -2.03. The van der Waals surface area contributed by atoms with Crippen molar-refractivity contribution in [2.45, 2.75) is 19.4 Å². The van der Waals surface area contributed by atoms with E-state index < -0.39 is 11.7 Å². The number of fused-ring (bicyclic) bond motifs is 1. The van der Waals surface area contributed by atoms with Gasteiger partial charge in [0.05, 0.1) is 16.6 Å². The van der Waals surface area contributed by atoms with E-state index in [2.05, 4.69) is 25.5 Å². The zero-order chi connectivity index (χ0) is 20.0. The minimum absolute atomic E-state index is 0.0353. The van der Waals surface area contributed by atoms with Crippen molar-refractivity contribution in [3.05, 3.63) is 64.3 Å². The summed E-state index contributed by atoms with van der Waals surface area (Å²) >= 11 is 0. The number of carbonyl (C=O) groups excluding carboxylic acids is 1. The first-order valence-electron chi connectivity index (χ1n) is 9.30. The van der Waals surface area contributed by atoms with Crippen LogP contribution >= 0.6 is 0 Å². The molecule has 1 fully saturated rings. The molecule has 0 spiro atoms. The standard InChI is InChI=1S/C20H17FN6O2/c21-14-4-2-1-3-13(14)17-23-19(26-25-17)24-18(28)12-7-8-16-15(9-12)22-20(29)27(16)10-11-5-6-11/h1-4,7-9,11H,5-6,10H2,(H,22,29)(H2,23,24,25,26,28). The van der Waals surface area contributed by atoms with Crippen LogP contribution in [0.4, 0.5) is 10.3 Å². The average Bonchev–Trinajstić information content (AvgIpc) is 3.33. The lowest BCUT2D eigenvalue weighted by molar-refractivity contribution is 0.102. The summed E-state index contributed by atoms with van der Waals surface area (Å²) in [6, 6.07) is 11.2. The van der Waals surface area contributed by atoms with Crippen LogP contribution in [0.2, 0.25) is 0 Å². The first-order chi connectivity index (χ1) is 14.1. The fraction of sp³-hybridized carbons (Fsp3) is 0.200. The fourth-order valence-electron chi connectivity index (χ4n) is 3.31. The molecule has 2 aromatic heterocycles. The third kappa shape index (κ3) is 3.31. The molecule has 3 N–H and O–H groups in total.